The third-order valence-electron chi connectivity index (χ3n) is 2.66. The lowest BCUT2D eigenvalue weighted by atomic mass is 10.0. The van der Waals surface area contributed by atoms with E-state index < -0.39 is 0 Å². The zero-order chi connectivity index (χ0) is 9.26. The number of carbonyl (C=O) groups excluding carboxylic acids is 1. The molecule has 2 nitrogen and oxygen atoms in total. The molecule has 0 spiro atoms. The Morgan fingerprint density at radius 2 is 2.38 bits per heavy atom. The Morgan fingerprint density at radius 3 is 3.08 bits per heavy atom. The van der Waals surface area contributed by atoms with Gasteiger partial charge < -0.3 is 4.74 Å². The van der Waals surface area contributed by atoms with Crippen LogP contribution in [0.25, 0.3) is 0 Å². The Hall–Kier alpha value is -1.15. The van der Waals surface area contributed by atoms with E-state index in [0.717, 1.165) is 24.7 Å². The van der Waals surface area contributed by atoms with Gasteiger partial charge in [-0.3, -0.25) is 4.79 Å². The van der Waals surface area contributed by atoms with E-state index >= 15 is 0 Å². The van der Waals surface area contributed by atoms with E-state index in [4.69, 9.17) is 4.74 Å². The number of methoxy groups -OCH3 is 1. The lowest BCUT2D eigenvalue weighted by Crippen LogP contribution is -1.96. The largest absolute Gasteiger partial charge is 0.377 e. The van der Waals surface area contributed by atoms with Crippen LogP contribution in [0.1, 0.15) is 34.0 Å². The first-order valence-corrected chi connectivity index (χ1v) is 4.46. The minimum Gasteiger partial charge on any atom is -0.377 e. The van der Waals surface area contributed by atoms with Crippen LogP contribution in [0.2, 0.25) is 0 Å². The molecule has 0 fully saturated rings. The number of ether oxygens (including phenoxy) is 1. The summed E-state index contributed by atoms with van der Waals surface area (Å²) in [5.74, 6) is 0. The molecule has 2 heteroatoms. The average Bonchev–Trinajstić information content (AvgIpc) is 2.60. The van der Waals surface area contributed by atoms with Crippen molar-refractivity contribution < 1.29 is 9.53 Å². The number of rotatable bonds is 2. The monoisotopic (exact) mass is 176 g/mol. The summed E-state index contributed by atoms with van der Waals surface area (Å²) in [4.78, 5) is 10.7. The van der Waals surface area contributed by atoms with Crippen LogP contribution in [0.3, 0.4) is 0 Å². The van der Waals surface area contributed by atoms with Gasteiger partial charge in [-0.25, -0.2) is 0 Å². The fourth-order valence-electron chi connectivity index (χ4n) is 2.00. The molecule has 1 aromatic rings. The van der Waals surface area contributed by atoms with Crippen molar-refractivity contribution in [2.45, 2.75) is 18.9 Å². The molecule has 1 atom stereocenters. The van der Waals surface area contributed by atoms with Gasteiger partial charge in [0.05, 0.1) is 6.10 Å². The van der Waals surface area contributed by atoms with Gasteiger partial charge in [-0.1, -0.05) is 18.2 Å². The van der Waals surface area contributed by atoms with Crippen LogP contribution in [0.5, 0.6) is 0 Å². The number of hydrogen-bond acceptors (Lipinski definition) is 2. The Balaban J connectivity index is 2.48. The van der Waals surface area contributed by atoms with Gasteiger partial charge in [0, 0.05) is 12.7 Å². The van der Waals surface area contributed by atoms with Crippen molar-refractivity contribution >= 4 is 6.29 Å². The summed E-state index contributed by atoms with van der Waals surface area (Å²) in [6.45, 7) is 0. The summed E-state index contributed by atoms with van der Waals surface area (Å²) >= 11 is 0. The molecule has 0 aliphatic heterocycles. The summed E-state index contributed by atoms with van der Waals surface area (Å²) < 4.78 is 5.32. The highest BCUT2D eigenvalue weighted by Crippen LogP contribution is 2.34. The lowest BCUT2D eigenvalue weighted by Gasteiger charge is -2.08. The van der Waals surface area contributed by atoms with E-state index in [9.17, 15) is 4.79 Å². The van der Waals surface area contributed by atoms with Crippen molar-refractivity contribution in [2.24, 2.45) is 0 Å². The number of aldehydes is 1. The topological polar surface area (TPSA) is 26.3 Å². The van der Waals surface area contributed by atoms with Crippen LogP contribution in [-0.4, -0.2) is 13.4 Å². The maximum atomic E-state index is 10.7. The fraction of sp³-hybridized carbons (Fsp3) is 0.364. The zero-order valence-electron chi connectivity index (χ0n) is 7.62. The molecule has 2 rings (SSSR count). The van der Waals surface area contributed by atoms with Crippen molar-refractivity contribution in [1.29, 1.82) is 0 Å². The molecule has 68 valence electrons. The molecule has 0 amide bonds. The summed E-state index contributed by atoms with van der Waals surface area (Å²) in [6.07, 6.45) is 3.07. The first-order valence-electron chi connectivity index (χ1n) is 4.46. The zero-order valence-corrected chi connectivity index (χ0v) is 7.62. The van der Waals surface area contributed by atoms with Gasteiger partial charge in [0.2, 0.25) is 0 Å². The van der Waals surface area contributed by atoms with E-state index in [1.165, 1.54) is 11.1 Å². The quantitative estimate of drug-likeness (QED) is 0.645. The number of hydrogen-bond donors (Lipinski definition) is 0. The van der Waals surface area contributed by atoms with Crippen LogP contribution in [0.4, 0.5) is 0 Å². The predicted octanol–water partition coefficient (Wildman–Crippen LogP) is 2.13. The summed E-state index contributed by atoms with van der Waals surface area (Å²) in [5.41, 5.74) is 3.17. The fourth-order valence-corrected chi connectivity index (χ4v) is 2.00. The second kappa shape index (κ2) is 3.30. The molecule has 13 heavy (non-hydrogen) atoms. The first-order chi connectivity index (χ1) is 6.36. The smallest absolute Gasteiger partial charge is 0.150 e. The Labute approximate surface area is 77.5 Å². The number of fused-ring (bicyclic) bond motifs is 1. The maximum Gasteiger partial charge on any atom is 0.150 e. The van der Waals surface area contributed by atoms with Crippen LogP contribution in [0.15, 0.2) is 18.2 Å². The molecule has 1 aliphatic carbocycles. The predicted molar refractivity (Wildman–Crippen MR) is 49.9 cm³/mol. The summed E-state index contributed by atoms with van der Waals surface area (Å²) in [7, 11) is 1.72. The SMILES string of the molecule is COC1CCc2c(C=O)cccc21. The highest BCUT2D eigenvalue weighted by molar-refractivity contribution is 5.78. The molecule has 1 aliphatic rings. The molecular weight excluding hydrogens is 164 g/mol. The second-order valence-electron chi connectivity index (χ2n) is 3.30. The Morgan fingerprint density at radius 1 is 1.54 bits per heavy atom. The van der Waals surface area contributed by atoms with Gasteiger partial charge in [-0.15, -0.1) is 0 Å². The molecule has 0 heterocycles. The van der Waals surface area contributed by atoms with Crippen LogP contribution in [0, 0.1) is 0 Å². The van der Waals surface area contributed by atoms with Crippen molar-refractivity contribution in [1.82, 2.24) is 0 Å². The van der Waals surface area contributed by atoms with Crippen molar-refractivity contribution in [3.8, 4) is 0 Å². The van der Waals surface area contributed by atoms with E-state index in [2.05, 4.69) is 0 Å². The molecule has 0 radical (unpaired) electrons. The molecule has 1 aromatic carbocycles. The van der Waals surface area contributed by atoms with Crippen molar-refractivity contribution in [3.63, 3.8) is 0 Å². The van der Waals surface area contributed by atoms with Gasteiger partial charge in [0.25, 0.3) is 0 Å². The number of benzene rings is 1. The maximum absolute atomic E-state index is 10.7. The number of carbonyl (C=O) groups is 1. The third-order valence-corrected chi connectivity index (χ3v) is 2.66. The van der Waals surface area contributed by atoms with Crippen molar-refractivity contribution in [2.75, 3.05) is 7.11 Å². The molecule has 0 aromatic heterocycles. The Bertz CT molecular complexity index is 331. The van der Waals surface area contributed by atoms with E-state index in [1.54, 1.807) is 7.11 Å². The van der Waals surface area contributed by atoms with Crippen LogP contribution < -0.4 is 0 Å². The van der Waals surface area contributed by atoms with Gasteiger partial charge in [0.1, 0.15) is 6.29 Å². The van der Waals surface area contributed by atoms with Gasteiger partial charge >= 0.3 is 0 Å². The third kappa shape index (κ3) is 1.27. The van der Waals surface area contributed by atoms with E-state index in [-0.39, 0.29) is 6.10 Å². The minimum absolute atomic E-state index is 0.190. The first kappa shape index (κ1) is 8.45. The van der Waals surface area contributed by atoms with Gasteiger partial charge in [0.15, 0.2) is 0 Å². The normalized spacial score (nSPS) is 19.9. The van der Waals surface area contributed by atoms with Crippen molar-refractivity contribution in [3.05, 3.63) is 34.9 Å². The van der Waals surface area contributed by atoms with Gasteiger partial charge in [-0.2, -0.15) is 0 Å². The molecule has 0 bridgehead atoms. The molecule has 1 unspecified atom stereocenters. The molecular formula is C11H12O2. The molecule has 0 N–H and O–H groups in total. The Kier molecular flexibility index (Phi) is 2.15. The molecule has 0 saturated heterocycles. The van der Waals surface area contributed by atoms with E-state index in [1.807, 2.05) is 18.2 Å². The standard InChI is InChI=1S/C11H12O2/c1-13-11-6-5-9-8(7-12)3-2-4-10(9)11/h2-4,7,11H,5-6H2,1H3. The lowest BCUT2D eigenvalue weighted by molar-refractivity contribution is 0.105. The second-order valence-corrected chi connectivity index (χ2v) is 3.30. The van der Waals surface area contributed by atoms with Crippen LogP contribution >= 0.6 is 0 Å². The highest BCUT2D eigenvalue weighted by Gasteiger charge is 2.23. The van der Waals surface area contributed by atoms with E-state index in [0.29, 0.717) is 0 Å². The molecule has 0 saturated carbocycles. The summed E-state index contributed by atoms with van der Waals surface area (Å²) in [6, 6.07) is 5.83. The minimum atomic E-state index is 0.190. The summed E-state index contributed by atoms with van der Waals surface area (Å²) in [5, 5.41) is 0. The van der Waals surface area contributed by atoms with Crippen LogP contribution in [-0.2, 0) is 11.2 Å². The average molecular weight is 176 g/mol. The highest BCUT2D eigenvalue weighted by atomic mass is 16.5. The van der Waals surface area contributed by atoms with Gasteiger partial charge in [-0.05, 0) is 24.0 Å².